The van der Waals surface area contributed by atoms with Gasteiger partial charge in [-0.25, -0.2) is 13.1 Å². The van der Waals surface area contributed by atoms with E-state index in [1.54, 1.807) is 25.1 Å². The number of nitrogens with zero attached hydrogens (tertiary/aromatic N) is 7. The van der Waals surface area contributed by atoms with Crippen LogP contribution in [0.1, 0.15) is 16.2 Å². The molecule has 13 nitrogen and oxygen atoms in total. The maximum absolute atomic E-state index is 12.9. The fraction of sp³-hybridized carbons (Fsp3) is 0.350. The first kappa shape index (κ1) is 24.6. The molecular formula is C20H22ClN7O6S. The molecule has 2 aromatic heterocycles. The van der Waals surface area contributed by atoms with Crippen LogP contribution in [0.4, 0.5) is 5.69 Å². The van der Waals surface area contributed by atoms with Crippen LogP contribution in [-0.2, 0) is 23.8 Å². The number of carbonyl (C=O) groups is 1. The molecule has 0 N–H and O–H groups in total. The van der Waals surface area contributed by atoms with E-state index in [2.05, 4.69) is 10.2 Å². The van der Waals surface area contributed by atoms with E-state index in [1.165, 1.54) is 44.1 Å². The SMILES string of the molecule is Cc1c(S(=O)(=O)N2CCN(C(=O)c3ccn(COc4ccc([N+](=O)[O-])cc4Cl)n3)CC2)cnn1C. The van der Waals surface area contributed by atoms with Gasteiger partial charge >= 0.3 is 0 Å². The lowest BCUT2D eigenvalue weighted by molar-refractivity contribution is -0.384. The summed E-state index contributed by atoms with van der Waals surface area (Å²) in [6.07, 6.45) is 2.89. The van der Waals surface area contributed by atoms with Gasteiger partial charge in [-0.15, -0.1) is 0 Å². The average Bonchev–Trinajstić information content (AvgIpc) is 3.44. The van der Waals surface area contributed by atoms with Crippen LogP contribution < -0.4 is 4.74 Å². The summed E-state index contributed by atoms with van der Waals surface area (Å²) in [7, 11) is -2.02. The van der Waals surface area contributed by atoms with Crippen LogP contribution in [0.5, 0.6) is 5.75 Å². The fourth-order valence-electron chi connectivity index (χ4n) is 3.57. The highest BCUT2D eigenvalue weighted by atomic mass is 35.5. The molecule has 3 heterocycles. The first-order valence-electron chi connectivity index (χ1n) is 10.5. The summed E-state index contributed by atoms with van der Waals surface area (Å²) in [5, 5.41) is 19.1. The van der Waals surface area contributed by atoms with E-state index in [4.69, 9.17) is 16.3 Å². The van der Waals surface area contributed by atoms with Crippen molar-refractivity contribution in [3.05, 3.63) is 63.2 Å². The van der Waals surface area contributed by atoms with Gasteiger partial charge < -0.3 is 9.64 Å². The van der Waals surface area contributed by atoms with E-state index in [0.29, 0.717) is 5.69 Å². The molecule has 15 heteroatoms. The number of aromatic nitrogens is 4. The molecule has 0 atom stereocenters. The zero-order chi connectivity index (χ0) is 25.3. The number of hydrogen-bond acceptors (Lipinski definition) is 8. The number of sulfonamides is 1. The second kappa shape index (κ2) is 9.64. The van der Waals surface area contributed by atoms with Gasteiger partial charge in [-0.3, -0.25) is 19.6 Å². The van der Waals surface area contributed by atoms with Crippen molar-refractivity contribution >= 4 is 33.2 Å². The molecule has 0 spiro atoms. The molecule has 1 aliphatic rings. The molecule has 35 heavy (non-hydrogen) atoms. The Bertz CT molecular complexity index is 1380. The summed E-state index contributed by atoms with van der Waals surface area (Å²) < 4.78 is 35.6. The normalized spacial score (nSPS) is 14.8. The Kier molecular flexibility index (Phi) is 6.78. The van der Waals surface area contributed by atoms with E-state index in [0.717, 1.165) is 0 Å². The molecule has 0 aliphatic carbocycles. The van der Waals surface area contributed by atoms with Gasteiger partial charge in [0.1, 0.15) is 10.6 Å². The highest BCUT2D eigenvalue weighted by Gasteiger charge is 2.33. The summed E-state index contributed by atoms with van der Waals surface area (Å²) in [6.45, 7) is 2.38. The third kappa shape index (κ3) is 4.99. The van der Waals surface area contributed by atoms with E-state index < -0.39 is 14.9 Å². The lowest BCUT2D eigenvalue weighted by atomic mass is 10.3. The quantitative estimate of drug-likeness (QED) is 0.336. The Morgan fingerprint density at radius 2 is 1.94 bits per heavy atom. The Morgan fingerprint density at radius 3 is 2.54 bits per heavy atom. The van der Waals surface area contributed by atoms with Crippen molar-refractivity contribution in [1.82, 2.24) is 28.8 Å². The molecule has 1 aliphatic heterocycles. The minimum atomic E-state index is -3.70. The molecule has 1 saturated heterocycles. The number of rotatable bonds is 7. The summed E-state index contributed by atoms with van der Waals surface area (Å²) in [4.78, 5) is 24.8. The molecule has 0 saturated carbocycles. The van der Waals surface area contributed by atoms with E-state index in [9.17, 15) is 23.3 Å². The van der Waals surface area contributed by atoms with Crippen LogP contribution in [0.15, 0.2) is 41.6 Å². The topological polar surface area (TPSA) is 146 Å². The first-order valence-corrected chi connectivity index (χ1v) is 12.3. The van der Waals surface area contributed by atoms with Crippen molar-refractivity contribution in [2.24, 2.45) is 7.05 Å². The van der Waals surface area contributed by atoms with E-state index >= 15 is 0 Å². The third-order valence-corrected chi connectivity index (χ3v) is 7.97. The number of piperazine rings is 1. The molecule has 0 unspecified atom stereocenters. The number of non-ortho nitro benzene ring substituents is 1. The van der Waals surface area contributed by atoms with Crippen LogP contribution in [0.3, 0.4) is 0 Å². The molecule has 3 aromatic rings. The molecule has 1 fully saturated rings. The minimum Gasteiger partial charge on any atom is -0.470 e. The summed E-state index contributed by atoms with van der Waals surface area (Å²) in [5.41, 5.74) is 0.576. The molecule has 1 aromatic carbocycles. The number of hydrogen-bond donors (Lipinski definition) is 0. The number of amides is 1. The van der Waals surface area contributed by atoms with E-state index in [-0.39, 0.29) is 65.9 Å². The van der Waals surface area contributed by atoms with Gasteiger partial charge in [0.15, 0.2) is 12.4 Å². The predicted molar refractivity (Wildman–Crippen MR) is 124 cm³/mol. The molecule has 0 radical (unpaired) electrons. The monoisotopic (exact) mass is 523 g/mol. The molecular weight excluding hydrogens is 502 g/mol. The Labute approximate surface area is 205 Å². The number of nitro groups is 1. The maximum Gasteiger partial charge on any atom is 0.274 e. The van der Waals surface area contributed by atoms with Gasteiger partial charge in [-0.2, -0.15) is 14.5 Å². The number of halogens is 1. The van der Waals surface area contributed by atoms with Gasteiger partial charge in [-0.1, -0.05) is 11.6 Å². The molecule has 186 valence electrons. The van der Waals surface area contributed by atoms with Gasteiger partial charge in [0, 0.05) is 51.6 Å². The summed E-state index contributed by atoms with van der Waals surface area (Å²) in [5.74, 6) is -0.0893. The van der Waals surface area contributed by atoms with Crippen molar-refractivity contribution in [2.75, 3.05) is 26.2 Å². The summed E-state index contributed by atoms with van der Waals surface area (Å²) >= 11 is 6.02. The molecule has 0 bridgehead atoms. The number of carbonyl (C=O) groups excluding carboxylic acids is 1. The third-order valence-electron chi connectivity index (χ3n) is 5.67. The lowest BCUT2D eigenvalue weighted by Gasteiger charge is -2.33. The summed E-state index contributed by atoms with van der Waals surface area (Å²) in [6, 6.07) is 5.38. The Morgan fingerprint density at radius 1 is 1.23 bits per heavy atom. The highest BCUT2D eigenvalue weighted by molar-refractivity contribution is 7.89. The van der Waals surface area contributed by atoms with E-state index in [1.807, 2.05) is 0 Å². The average molecular weight is 524 g/mol. The molecule has 4 rings (SSSR count). The van der Waals surface area contributed by atoms with Gasteiger partial charge in [0.05, 0.1) is 21.8 Å². The van der Waals surface area contributed by atoms with Crippen LogP contribution >= 0.6 is 11.6 Å². The largest absolute Gasteiger partial charge is 0.470 e. The van der Waals surface area contributed by atoms with Crippen molar-refractivity contribution in [1.29, 1.82) is 0 Å². The number of ether oxygens (including phenoxy) is 1. The number of aryl methyl sites for hydroxylation is 1. The van der Waals surface area contributed by atoms with Crippen LogP contribution in [0, 0.1) is 17.0 Å². The van der Waals surface area contributed by atoms with Gasteiger partial charge in [0.25, 0.3) is 11.6 Å². The Balaban J connectivity index is 1.35. The smallest absolute Gasteiger partial charge is 0.274 e. The second-order valence-corrected chi connectivity index (χ2v) is 10.1. The van der Waals surface area contributed by atoms with Crippen LogP contribution in [0.2, 0.25) is 5.02 Å². The number of benzene rings is 1. The van der Waals surface area contributed by atoms with Crippen molar-refractivity contribution in [2.45, 2.75) is 18.6 Å². The van der Waals surface area contributed by atoms with Crippen molar-refractivity contribution < 1.29 is 22.9 Å². The second-order valence-electron chi connectivity index (χ2n) is 7.80. The standard InChI is InChI=1S/C20H22ClN7O6S/c1-14-19(12-22-24(14)2)35(32,33)27-9-7-25(8-10-27)20(29)17-5-6-26(23-17)13-34-18-4-3-15(28(30)31)11-16(18)21/h3-6,11-12H,7-10,13H2,1-2H3. The molecule has 1 amide bonds. The zero-order valence-electron chi connectivity index (χ0n) is 18.9. The fourth-order valence-corrected chi connectivity index (χ4v) is 5.41. The van der Waals surface area contributed by atoms with Crippen LogP contribution in [0.25, 0.3) is 0 Å². The Hall–Kier alpha value is -3.49. The van der Waals surface area contributed by atoms with Gasteiger partial charge in [0.2, 0.25) is 10.0 Å². The van der Waals surface area contributed by atoms with Crippen molar-refractivity contribution in [3.63, 3.8) is 0 Å². The minimum absolute atomic E-state index is 0.0682. The predicted octanol–water partition coefficient (Wildman–Crippen LogP) is 1.67. The van der Waals surface area contributed by atoms with Crippen molar-refractivity contribution in [3.8, 4) is 5.75 Å². The van der Waals surface area contributed by atoms with Crippen LogP contribution in [-0.4, -0.2) is 74.2 Å². The van der Waals surface area contributed by atoms with Gasteiger partial charge in [-0.05, 0) is 19.1 Å². The highest BCUT2D eigenvalue weighted by Crippen LogP contribution is 2.29. The first-order chi connectivity index (χ1) is 16.6. The lowest BCUT2D eigenvalue weighted by Crippen LogP contribution is -2.50. The number of nitro benzene ring substituents is 1. The zero-order valence-corrected chi connectivity index (χ0v) is 20.4. The maximum atomic E-state index is 12.9.